The lowest BCUT2D eigenvalue weighted by Crippen LogP contribution is -2.06. The summed E-state index contributed by atoms with van der Waals surface area (Å²) in [6.45, 7) is 0.342. The Morgan fingerprint density at radius 2 is 0.722 bits per heavy atom. The molecular weight excluding hydrogens is 729 g/mol. The van der Waals surface area contributed by atoms with Crippen molar-refractivity contribution in [3.05, 3.63) is 105 Å². The van der Waals surface area contributed by atoms with Gasteiger partial charge in [-0.05, 0) is 135 Å². The summed E-state index contributed by atoms with van der Waals surface area (Å²) in [6, 6.07) is 19.1. The first kappa shape index (κ1) is 44.8. The van der Waals surface area contributed by atoms with Crippen molar-refractivity contribution in [2.75, 3.05) is 25.7 Å². The SMILES string of the molecule is CS(=O)(=O)OCCCCCc1cc(CCCCCc2ccccc2C(=O)O)c(CCCCCc2ccccc2C(=O)O)cc1CCCCCOS(C)(=O)=O. The predicted octanol–water partition coefficient (Wildman–Crippen LogP) is 8.37. The van der Waals surface area contributed by atoms with Gasteiger partial charge in [0.1, 0.15) is 0 Å². The molecule has 0 fully saturated rings. The van der Waals surface area contributed by atoms with Gasteiger partial charge in [0.2, 0.25) is 0 Å². The van der Waals surface area contributed by atoms with E-state index in [0.29, 0.717) is 36.8 Å². The largest absolute Gasteiger partial charge is 0.478 e. The molecule has 0 aliphatic carbocycles. The van der Waals surface area contributed by atoms with Gasteiger partial charge in [-0.3, -0.25) is 8.37 Å². The van der Waals surface area contributed by atoms with Gasteiger partial charge >= 0.3 is 11.9 Å². The Hall–Kier alpha value is -3.58. The molecule has 0 aliphatic heterocycles. The lowest BCUT2D eigenvalue weighted by Gasteiger charge is -2.18. The highest BCUT2D eigenvalue weighted by Crippen LogP contribution is 2.26. The highest BCUT2D eigenvalue weighted by molar-refractivity contribution is 7.86. The maximum atomic E-state index is 11.7. The Labute approximate surface area is 322 Å². The number of benzene rings is 3. The van der Waals surface area contributed by atoms with Crippen molar-refractivity contribution in [2.24, 2.45) is 0 Å². The summed E-state index contributed by atoms with van der Waals surface area (Å²) in [7, 11) is -6.93. The number of carboxylic acid groups (broad SMARTS) is 2. The molecule has 0 saturated carbocycles. The van der Waals surface area contributed by atoms with Crippen molar-refractivity contribution >= 4 is 32.2 Å². The fourth-order valence-corrected chi connectivity index (χ4v) is 7.68. The van der Waals surface area contributed by atoms with Gasteiger partial charge in [-0.1, -0.05) is 74.2 Å². The van der Waals surface area contributed by atoms with Crippen LogP contribution in [0.3, 0.4) is 0 Å². The van der Waals surface area contributed by atoms with Gasteiger partial charge in [-0.25, -0.2) is 9.59 Å². The molecule has 0 amide bonds. The first-order valence-corrected chi connectivity index (χ1v) is 22.8. The summed E-state index contributed by atoms with van der Waals surface area (Å²) in [6.07, 6.45) is 17.4. The number of rotatable bonds is 28. The van der Waals surface area contributed by atoms with Crippen LogP contribution in [0.2, 0.25) is 0 Å². The Morgan fingerprint density at radius 3 is 1.02 bits per heavy atom. The van der Waals surface area contributed by atoms with E-state index in [1.807, 2.05) is 24.3 Å². The number of unbranched alkanes of at least 4 members (excludes halogenated alkanes) is 8. The van der Waals surface area contributed by atoms with Crippen molar-refractivity contribution in [3.8, 4) is 0 Å². The minimum atomic E-state index is -3.46. The molecule has 0 aromatic heterocycles. The van der Waals surface area contributed by atoms with Gasteiger partial charge in [0.15, 0.2) is 0 Å². The topological polar surface area (TPSA) is 161 Å². The highest BCUT2D eigenvalue weighted by atomic mass is 32.2. The van der Waals surface area contributed by atoms with Crippen LogP contribution in [-0.2, 0) is 67.1 Å². The van der Waals surface area contributed by atoms with Crippen LogP contribution in [0, 0.1) is 0 Å². The number of carboxylic acids is 2. The molecule has 3 rings (SSSR count). The molecule has 2 N–H and O–H groups in total. The van der Waals surface area contributed by atoms with Crippen molar-refractivity contribution in [2.45, 2.75) is 116 Å². The highest BCUT2D eigenvalue weighted by Gasteiger charge is 2.14. The molecule has 0 radical (unpaired) electrons. The van der Waals surface area contributed by atoms with Crippen LogP contribution in [-0.4, -0.2) is 64.7 Å². The van der Waals surface area contributed by atoms with Gasteiger partial charge in [-0.2, -0.15) is 16.8 Å². The summed E-state index contributed by atoms with van der Waals surface area (Å²) in [4.78, 5) is 23.3. The van der Waals surface area contributed by atoms with E-state index in [4.69, 9.17) is 8.37 Å². The van der Waals surface area contributed by atoms with E-state index in [2.05, 4.69) is 12.1 Å². The molecule has 0 aliphatic rings. The molecule has 0 saturated heterocycles. The maximum absolute atomic E-state index is 11.7. The molecule has 10 nitrogen and oxygen atoms in total. The maximum Gasteiger partial charge on any atom is 0.335 e. The molecule has 3 aromatic rings. The summed E-state index contributed by atoms with van der Waals surface area (Å²) in [5.41, 5.74) is 7.63. The smallest absolute Gasteiger partial charge is 0.335 e. The number of hydrogen-bond donors (Lipinski definition) is 2. The van der Waals surface area contributed by atoms with Crippen LogP contribution < -0.4 is 0 Å². The third-order valence-corrected chi connectivity index (χ3v) is 10.8. The first-order chi connectivity index (χ1) is 25.7. The van der Waals surface area contributed by atoms with Gasteiger partial charge < -0.3 is 10.2 Å². The minimum Gasteiger partial charge on any atom is -0.478 e. The Morgan fingerprint density at radius 1 is 0.444 bits per heavy atom. The molecule has 3 aromatic carbocycles. The quantitative estimate of drug-likeness (QED) is 0.0541. The van der Waals surface area contributed by atoms with Gasteiger partial charge in [-0.15, -0.1) is 0 Å². The average molecular weight is 787 g/mol. The molecule has 0 spiro atoms. The van der Waals surface area contributed by atoms with Crippen LogP contribution in [0.1, 0.15) is 131 Å². The van der Waals surface area contributed by atoms with Gasteiger partial charge in [0.05, 0.1) is 36.9 Å². The molecule has 0 bridgehead atoms. The average Bonchev–Trinajstić information content (AvgIpc) is 3.11. The summed E-state index contributed by atoms with van der Waals surface area (Å²) >= 11 is 0. The van der Waals surface area contributed by atoms with Crippen LogP contribution in [0.4, 0.5) is 0 Å². The number of carbonyl (C=O) groups is 2. The Kier molecular flexibility index (Phi) is 19.4. The van der Waals surface area contributed by atoms with Crippen LogP contribution in [0.25, 0.3) is 0 Å². The van der Waals surface area contributed by atoms with Crippen molar-refractivity contribution in [1.29, 1.82) is 0 Å². The summed E-state index contributed by atoms with van der Waals surface area (Å²) < 4.78 is 55.3. The van der Waals surface area contributed by atoms with E-state index in [0.717, 1.165) is 114 Å². The molecule has 0 atom stereocenters. The number of aryl methyl sites for hydroxylation is 6. The second-order valence-corrected chi connectivity index (χ2v) is 17.4. The van der Waals surface area contributed by atoms with Crippen LogP contribution in [0.15, 0.2) is 60.7 Å². The molecule has 54 heavy (non-hydrogen) atoms. The second kappa shape index (κ2) is 23.4. The van der Waals surface area contributed by atoms with Crippen LogP contribution in [0.5, 0.6) is 0 Å². The van der Waals surface area contributed by atoms with E-state index in [9.17, 15) is 36.6 Å². The molecule has 12 heteroatoms. The Bertz CT molecular complexity index is 1720. The monoisotopic (exact) mass is 786 g/mol. The summed E-state index contributed by atoms with van der Waals surface area (Å²) in [5.74, 6) is -1.81. The zero-order valence-corrected chi connectivity index (χ0v) is 33.5. The lowest BCUT2D eigenvalue weighted by molar-refractivity contribution is 0.0684. The predicted molar refractivity (Wildman–Crippen MR) is 212 cm³/mol. The fraction of sp³-hybridized carbons (Fsp3) is 0.524. The third-order valence-electron chi connectivity index (χ3n) is 9.58. The zero-order chi connectivity index (χ0) is 39.4. The molecular formula is C42H58O10S2. The standard InChI is InChI=1S/C42H58O10S2/c1-53(47,48)51-29-17-5-11-25-37-31-35(23-9-3-7-19-33-21-13-15-27-39(33)41(43)44)36(32-38(37)26-12-6-18-30-52-54(2,49)50)24-10-4-8-20-34-22-14-16-28-40(34)42(45)46/h13-16,21-22,27-28,31-32H,3-12,17-20,23-26,29-30H2,1-2H3,(H,43,44)(H,45,46). The van der Waals surface area contributed by atoms with Gasteiger partial charge in [0, 0.05) is 0 Å². The van der Waals surface area contributed by atoms with Crippen molar-refractivity contribution < 1.29 is 45.0 Å². The van der Waals surface area contributed by atoms with E-state index < -0.39 is 32.2 Å². The summed E-state index contributed by atoms with van der Waals surface area (Å²) in [5, 5.41) is 19.1. The second-order valence-electron chi connectivity index (χ2n) is 14.1. The zero-order valence-electron chi connectivity index (χ0n) is 31.9. The van der Waals surface area contributed by atoms with Gasteiger partial charge in [0.25, 0.3) is 20.2 Å². The van der Waals surface area contributed by atoms with Crippen molar-refractivity contribution in [1.82, 2.24) is 0 Å². The van der Waals surface area contributed by atoms with E-state index in [1.165, 1.54) is 22.3 Å². The van der Waals surface area contributed by atoms with E-state index >= 15 is 0 Å². The van der Waals surface area contributed by atoms with Crippen LogP contribution >= 0.6 is 0 Å². The molecule has 0 unspecified atom stereocenters. The normalized spacial score (nSPS) is 11.9. The van der Waals surface area contributed by atoms with E-state index in [1.54, 1.807) is 24.3 Å². The molecule has 298 valence electrons. The third kappa shape index (κ3) is 17.7. The number of aromatic carboxylic acids is 2. The van der Waals surface area contributed by atoms with E-state index in [-0.39, 0.29) is 13.2 Å². The first-order valence-electron chi connectivity index (χ1n) is 19.2. The Balaban J connectivity index is 1.72. The van der Waals surface area contributed by atoms with Crippen molar-refractivity contribution in [3.63, 3.8) is 0 Å². The minimum absolute atomic E-state index is 0.171. The lowest BCUT2D eigenvalue weighted by atomic mass is 9.88. The molecule has 0 heterocycles. The number of hydrogen-bond acceptors (Lipinski definition) is 8. The fourth-order valence-electron chi connectivity index (χ4n) is 6.84.